The lowest BCUT2D eigenvalue weighted by Crippen LogP contribution is -2.66. The summed E-state index contributed by atoms with van der Waals surface area (Å²) >= 11 is 0. The highest BCUT2D eigenvalue weighted by Gasteiger charge is 2.53. The number of carbonyl (C=O) groups is 1. The predicted molar refractivity (Wildman–Crippen MR) is 355 cm³/mol. The third-order valence-corrected chi connectivity index (χ3v) is 17.2. The zero-order chi connectivity index (χ0) is 66.1. The van der Waals surface area contributed by atoms with Gasteiger partial charge in [0.2, 0.25) is 5.91 Å². The molecule has 0 spiro atoms. The van der Waals surface area contributed by atoms with Crippen molar-refractivity contribution in [2.75, 3.05) is 26.4 Å². The number of aliphatic hydroxyl groups is 11. The van der Waals surface area contributed by atoms with Gasteiger partial charge in [0.1, 0.15) is 73.2 Å². The molecule has 12 N–H and O–H groups in total. The highest BCUT2D eigenvalue weighted by Crippen LogP contribution is 2.33. The second-order valence-corrected chi connectivity index (χ2v) is 24.9. The van der Waals surface area contributed by atoms with Crippen molar-refractivity contribution in [3.8, 4) is 0 Å². The van der Waals surface area contributed by atoms with Gasteiger partial charge in [0.15, 0.2) is 18.9 Å². The zero-order valence-corrected chi connectivity index (χ0v) is 55.5. The largest absolute Gasteiger partial charge is 0.394 e. The van der Waals surface area contributed by atoms with Gasteiger partial charge in [-0.1, -0.05) is 227 Å². The van der Waals surface area contributed by atoms with Crippen LogP contribution in [-0.4, -0.2) is 193 Å². The van der Waals surface area contributed by atoms with Gasteiger partial charge in [-0.25, -0.2) is 0 Å². The van der Waals surface area contributed by atoms with Crippen LogP contribution >= 0.6 is 0 Å². The molecule has 3 rings (SSSR count). The van der Waals surface area contributed by atoms with Crippen LogP contribution in [0.25, 0.3) is 0 Å². The molecule has 3 saturated heterocycles. The predicted octanol–water partition coefficient (Wildman–Crippen LogP) is 9.49. The molecule has 17 atom stereocenters. The summed E-state index contributed by atoms with van der Waals surface area (Å²) in [5.74, 6) is -0.306. The summed E-state index contributed by atoms with van der Waals surface area (Å²) < 4.78 is 34.3. The monoisotopic (exact) mass is 1290 g/mol. The van der Waals surface area contributed by atoms with Crippen LogP contribution in [0.5, 0.6) is 0 Å². The molecule has 0 aromatic rings. The van der Waals surface area contributed by atoms with E-state index < -0.39 is 124 Å². The Bertz CT molecular complexity index is 1980. The van der Waals surface area contributed by atoms with Crippen molar-refractivity contribution in [2.45, 2.75) is 336 Å². The molecule has 19 nitrogen and oxygen atoms in total. The van der Waals surface area contributed by atoms with Crippen molar-refractivity contribution >= 4 is 5.91 Å². The van der Waals surface area contributed by atoms with E-state index in [1.54, 1.807) is 6.08 Å². The number of allylic oxidation sites excluding steroid dienone is 13. The lowest BCUT2D eigenvalue weighted by Gasteiger charge is -2.48. The van der Waals surface area contributed by atoms with Crippen LogP contribution in [-0.2, 0) is 33.2 Å². The number of nitrogens with one attached hydrogen (secondary N) is 1. The SMILES string of the molecule is CC/C=C\C/C=C\C/C=C\C/C=C\CCCCCCCCC(=O)NC(COC1OC(CO)C(OC2OC(CO)C(OC3OC(CO)C(O)C(O)C3O)C(O)C2O)C(O)C1O)C(O)/C=C/CC/C=C/CC/C=C/CCCCCCCCCCCCCCCCCCC. The number of amides is 1. The highest BCUT2D eigenvalue weighted by atomic mass is 16.8. The Morgan fingerprint density at radius 3 is 1.23 bits per heavy atom. The van der Waals surface area contributed by atoms with Crippen molar-refractivity contribution < 1.29 is 89.4 Å². The van der Waals surface area contributed by atoms with E-state index >= 15 is 0 Å². The minimum absolute atomic E-state index is 0.211. The summed E-state index contributed by atoms with van der Waals surface area (Å²) in [7, 11) is 0. The molecule has 0 aromatic carbocycles. The molecule has 0 bridgehead atoms. The third kappa shape index (κ3) is 35.0. The molecule has 1 amide bonds. The highest BCUT2D eigenvalue weighted by molar-refractivity contribution is 5.76. The quantitative estimate of drug-likeness (QED) is 0.0199. The fourth-order valence-corrected chi connectivity index (χ4v) is 11.4. The van der Waals surface area contributed by atoms with Crippen LogP contribution in [0.3, 0.4) is 0 Å². The lowest BCUT2D eigenvalue weighted by molar-refractivity contribution is -0.379. The fraction of sp³-hybridized carbons (Fsp3) is 0.792. The van der Waals surface area contributed by atoms with Gasteiger partial charge in [-0.15, -0.1) is 0 Å². The van der Waals surface area contributed by atoms with E-state index in [1.807, 2.05) is 6.08 Å². The van der Waals surface area contributed by atoms with Crippen molar-refractivity contribution in [1.29, 1.82) is 0 Å². The number of carbonyl (C=O) groups excluding carboxylic acids is 1. The van der Waals surface area contributed by atoms with Crippen molar-refractivity contribution in [2.24, 2.45) is 0 Å². The molecule has 3 aliphatic rings. The molecule has 3 heterocycles. The number of unbranched alkanes of at least 4 members (excludes halogenated alkanes) is 25. The molecular weight excluding hydrogens is 1170 g/mol. The Balaban J connectivity index is 1.46. The molecule has 0 aromatic heterocycles. The summed E-state index contributed by atoms with van der Waals surface area (Å²) in [5.41, 5.74) is 0. The first kappa shape index (κ1) is 82.2. The van der Waals surface area contributed by atoms with Crippen LogP contribution in [0.1, 0.15) is 232 Å². The molecule has 0 saturated carbocycles. The van der Waals surface area contributed by atoms with Gasteiger partial charge >= 0.3 is 0 Å². The summed E-state index contributed by atoms with van der Waals surface area (Å²) in [6.45, 7) is 1.58. The molecule has 0 radical (unpaired) electrons. The Hall–Kier alpha value is -3.03. The van der Waals surface area contributed by atoms with Crippen LogP contribution in [0, 0.1) is 0 Å². The molecule has 17 unspecified atom stereocenters. The number of hydrogen-bond acceptors (Lipinski definition) is 18. The number of hydrogen-bond donors (Lipinski definition) is 12. The lowest BCUT2D eigenvalue weighted by atomic mass is 9.96. The maximum absolute atomic E-state index is 13.4. The topological polar surface area (TPSA) is 307 Å². The summed E-state index contributed by atoms with van der Waals surface area (Å²) in [6, 6.07) is -1.01. The van der Waals surface area contributed by atoms with Gasteiger partial charge in [0, 0.05) is 6.42 Å². The first-order chi connectivity index (χ1) is 44.3. The second-order valence-electron chi connectivity index (χ2n) is 24.9. The number of rotatable bonds is 53. The van der Waals surface area contributed by atoms with Crippen LogP contribution < -0.4 is 5.32 Å². The average Bonchev–Trinajstić information content (AvgIpc) is 0.886. The van der Waals surface area contributed by atoms with Gasteiger partial charge in [-0.3, -0.25) is 4.79 Å². The smallest absolute Gasteiger partial charge is 0.220 e. The minimum Gasteiger partial charge on any atom is -0.394 e. The van der Waals surface area contributed by atoms with E-state index in [4.69, 9.17) is 28.4 Å². The van der Waals surface area contributed by atoms with E-state index in [2.05, 4.69) is 92.1 Å². The summed E-state index contributed by atoms with van der Waals surface area (Å²) in [6.07, 6.45) is 41.4. The fourth-order valence-electron chi connectivity index (χ4n) is 11.4. The van der Waals surface area contributed by atoms with E-state index in [0.29, 0.717) is 12.8 Å². The van der Waals surface area contributed by atoms with Gasteiger partial charge in [-0.05, 0) is 83.5 Å². The van der Waals surface area contributed by atoms with Gasteiger partial charge in [0.25, 0.3) is 0 Å². The van der Waals surface area contributed by atoms with E-state index in [-0.39, 0.29) is 18.9 Å². The standard InChI is InChI=1S/C72H125NO18/c1-3-5-7-9-11-13-15-17-19-21-23-24-25-26-27-28-29-30-32-33-35-37-39-41-43-45-47-49-56(77)55(73-60(78)50-48-46-44-42-40-38-36-34-31-22-20-18-16-14-12-10-8-6-4-2)54-86-70-66(84)63(81)68(58(52-75)88-70)91-72-67(85)64(82)69(59(53-76)89-72)90-71-65(83)62(80)61(79)57(51-74)87-71/h6,8,12,14,18,20,31-34,39,41,47,49,55-59,61-72,74-77,79-85H,3-5,7,9-11,13,15-17,19,21-30,35-38,40,42-46,48,50-54H2,1-2H3,(H,73,78)/b8-6-,14-12-,20-18-,33-32+,34-31-,41-39+,49-47+. The summed E-state index contributed by atoms with van der Waals surface area (Å²) in [4.78, 5) is 13.4. The third-order valence-electron chi connectivity index (χ3n) is 17.2. The number of ether oxygens (including phenoxy) is 6. The average molecular weight is 1290 g/mol. The molecule has 526 valence electrons. The zero-order valence-electron chi connectivity index (χ0n) is 55.5. The maximum Gasteiger partial charge on any atom is 0.220 e. The molecule has 3 fully saturated rings. The molecule has 3 aliphatic heterocycles. The van der Waals surface area contributed by atoms with Crippen LogP contribution in [0.15, 0.2) is 85.1 Å². The molecule has 91 heavy (non-hydrogen) atoms. The van der Waals surface area contributed by atoms with Gasteiger partial charge < -0.3 is 89.9 Å². The van der Waals surface area contributed by atoms with Crippen molar-refractivity contribution in [3.05, 3.63) is 85.1 Å². The Morgan fingerprint density at radius 1 is 0.407 bits per heavy atom. The Labute approximate surface area is 546 Å². The second kappa shape index (κ2) is 53.2. The first-order valence-corrected chi connectivity index (χ1v) is 35.3. The van der Waals surface area contributed by atoms with Gasteiger partial charge in [-0.2, -0.15) is 0 Å². The summed E-state index contributed by atoms with van der Waals surface area (Å²) in [5, 5.41) is 121. The van der Waals surface area contributed by atoms with E-state index in [9.17, 15) is 61.0 Å². The molecule has 19 heteroatoms. The van der Waals surface area contributed by atoms with Crippen LogP contribution in [0.4, 0.5) is 0 Å². The Morgan fingerprint density at radius 2 is 0.769 bits per heavy atom. The van der Waals surface area contributed by atoms with Crippen molar-refractivity contribution in [3.63, 3.8) is 0 Å². The number of aliphatic hydroxyl groups excluding tert-OH is 11. The Kier molecular flexibility index (Phi) is 48.0. The molecular formula is C72H125NO18. The van der Waals surface area contributed by atoms with E-state index in [0.717, 1.165) is 89.9 Å². The van der Waals surface area contributed by atoms with Gasteiger partial charge in [0.05, 0.1) is 38.6 Å². The van der Waals surface area contributed by atoms with Crippen molar-refractivity contribution in [1.82, 2.24) is 5.32 Å². The first-order valence-electron chi connectivity index (χ1n) is 35.3. The molecule has 0 aliphatic carbocycles. The normalized spacial score (nSPS) is 28.4. The van der Waals surface area contributed by atoms with E-state index in [1.165, 1.54) is 109 Å². The van der Waals surface area contributed by atoms with Crippen LogP contribution in [0.2, 0.25) is 0 Å². The minimum atomic E-state index is -1.99. The maximum atomic E-state index is 13.4.